The average Bonchev–Trinajstić information content (AvgIpc) is 0.722. The molecule has 0 fully saturated rings. The molecule has 39 valence electrons. The fourth-order valence-electron chi connectivity index (χ4n) is 0. The normalized spacial score (nSPS) is 9.67. The first-order chi connectivity index (χ1) is 2.00. The van der Waals surface area contributed by atoms with Crippen LogP contribution in [-0.4, -0.2) is 0 Å². The van der Waals surface area contributed by atoms with E-state index in [4.69, 9.17) is 16.0 Å². The van der Waals surface area contributed by atoms with Gasteiger partial charge >= 0.3 is 46.5 Å². The molecule has 0 unspecified atom stereocenters. The zero-order valence-electron chi connectivity index (χ0n) is 2.36. The van der Waals surface area contributed by atoms with Gasteiger partial charge in [0.25, 0.3) is 0 Å². The summed E-state index contributed by atoms with van der Waals surface area (Å²) in [5.74, 6) is 0. The SMILES string of the molecule is [Fe+2].[O]=[Mn](=[O])([O-])[O-]. The molecule has 4 nitrogen and oxygen atoms in total. The van der Waals surface area contributed by atoms with E-state index in [-0.39, 0.29) is 17.1 Å². The molecule has 0 saturated heterocycles. The van der Waals surface area contributed by atoms with Crippen molar-refractivity contribution in [2.45, 2.75) is 0 Å². The molecule has 0 N–H and O–H groups in total. The van der Waals surface area contributed by atoms with Crippen LogP contribution < -0.4 is 8.38 Å². The standard InChI is InChI=1S/Fe.Mn.4O/q+2;;;;2*-1. The van der Waals surface area contributed by atoms with Crippen molar-refractivity contribution in [1.29, 1.82) is 0 Å². The Kier molecular flexibility index (Phi) is 4.37. The molecule has 0 amide bonds. The van der Waals surface area contributed by atoms with Gasteiger partial charge in [-0.1, -0.05) is 0 Å². The maximum atomic E-state index is 8.58. The third-order valence-corrected chi connectivity index (χ3v) is 0. The van der Waals surface area contributed by atoms with Crippen LogP contribution in [0.4, 0.5) is 0 Å². The minimum absolute atomic E-state index is 0. The van der Waals surface area contributed by atoms with Gasteiger partial charge in [-0.05, 0) is 0 Å². The second-order valence-corrected chi connectivity index (χ2v) is 1.56. The van der Waals surface area contributed by atoms with E-state index in [2.05, 4.69) is 0 Å². The average molecular weight is 175 g/mol. The van der Waals surface area contributed by atoms with Gasteiger partial charge in [-0.2, -0.15) is 0 Å². The van der Waals surface area contributed by atoms with E-state index >= 15 is 0 Å². The molecule has 0 saturated carbocycles. The maximum absolute atomic E-state index is 8.58. The fraction of sp³-hybridized carbons (Fsp3) is 0. The van der Waals surface area contributed by atoms with Gasteiger partial charge in [0.15, 0.2) is 0 Å². The molecule has 0 spiro atoms. The summed E-state index contributed by atoms with van der Waals surface area (Å²) in [6, 6.07) is 0. The van der Waals surface area contributed by atoms with Crippen LogP contribution in [-0.2, 0) is 38.1 Å². The number of hydrogen-bond donors (Lipinski definition) is 0. The third-order valence-electron chi connectivity index (χ3n) is 0. The van der Waals surface area contributed by atoms with E-state index in [1.165, 1.54) is 0 Å². The fourth-order valence-corrected chi connectivity index (χ4v) is 0. The van der Waals surface area contributed by atoms with Gasteiger partial charge < -0.3 is 0 Å². The van der Waals surface area contributed by atoms with Crippen molar-refractivity contribution in [2.24, 2.45) is 0 Å². The van der Waals surface area contributed by atoms with Crippen molar-refractivity contribution in [1.82, 2.24) is 0 Å². The van der Waals surface area contributed by atoms with Gasteiger partial charge in [0.2, 0.25) is 0 Å². The zero-order valence-corrected chi connectivity index (χ0v) is 4.65. The Morgan fingerprint density at radius 1 is 1.17 bits per heavy atom. The van der Waals surface area contributed by atoms with Crippen LogP contribution in [0.15, 0.2) is 0 Å². The first-order valence-corrected chi connectivity index (χ1v) is 2.54. The van der Waals surface area contributed by atoms with Crippen LogP contribution in [0, 0.1) is 0 Å². The second-order valence-electron chi connectivity index (χ2n) is 0.378. The molecule has 0 rings (SSSR count). The summed E-state index contributed by atoms with van der Waals surface area (Å²) in [7, 11) is 0. The van der Waals surface area contributed by atoms with Crippen molar-refractivity contribution >= 4 is 0 Å². The molecular weight excluding hydrogens is 175 g/mol. The molecule has 6 heavy (non-hydrogen) atoms. The van der Waals surface area contributed by atoms with Crippen LogP contribution in [0.2, 0.25) is 0 Å². The van der Waals surface area contributed by atoms with Crippen molar-refractivity contribution in [2.75, 3.05) is 0 Å². The van der Waals surface area contributed by atoms with Crippen LogP contribution in [0.5, 0.6) is 0 Å². The Balaban J connectivity index is 0. The summed E-state index contributed by atoms with van der Waals surface area (Å²) >= 11 is -5.62. The predicted octanol–water partition coefficient (Wildman–Crippen LogP) is -2.62. The minimum atomic E-state index is -5.62. The summed E-state index contributed by atoms with van der Waals surface area (Å²) in [6.45, 7) is 0. The van der Waals surface area contributed by atoms with Gasteiger partial charge in [0, 0.05) is 0 Å². The topological polar surface area (TPSA) is 80.3 Å². The molecule has 0 aliphatic heterocycles. The monoisotopic (exact) mass is 175 g/mol. The van der Waals surface area contributed by atoms with Gasteiger partial charge in [-0.15, -0.1) is 0 Å². The van der Waals surface area contributed by atoms with E-state index in [0.717, 1.165) is 0 Å². The molecule has 0 aromatic rings. The molecule has 0 aliphatic rings. The number of rotatable bonds is 0. The summed E-state index contributed by atoms with van der Waals surface area (Å²) in [5, 5.41) is 0. The number of hydrogen-bond acceptors (Lipinski definition) is 4. The van der Waals surface area contributed by atoms with Crippen molar-refractivity contribution < 1.29 is 46.5 Å². The van der Waals surface area contributed by atoms with Crippen molar-refractivity contribution in [3.63, 3.8) is 0 Å². The second kappa shape index (κ2) is 2.69. The van der Waals surface area contributed by atoms with Crippen LogP contribution >= 0.6 is 0 Å². The molecule has 0 atom stereocenters. The summed E-state index contributed by atoms with van der Waals surface area (Å²) in [4.78, 5) is 0. The third kappa shape index (κ3) is 185. The van der Waals surface area contributed by atoms with Gasteiger partial charge in [0.05, 0.1) is 0 Å². The van der Waals surface area contributed by atoms with E-state index in [9.17, 15) is 0 Å². The molecular formula is FeMnO4. The van der Waals surface area contributed by atoms with Crippen LogP contribution in [0.1, 0.15) is 0 Å². The van der Waals surface area contributed by atoms with Gasteiger partial charge in [0.1, 0.15) is 0 Å². The molecule has 6 heteroatoms. The first kappa shape index (κ1) is 9.75. The Bertz CT molecular complexity index is 90.7. The molecule has 0 radical (unpaired) electrons. The Labute approximate surface area is 46.9 Å². The Morgan fingerprint density at radius 3 is 1.17 bits per heavy atom. The molecule has 0 aromatic carbocycles. The van der Waals surface area contributed by atoms with Crippen molar-refractivity contribution in [3.8, 4) is 0 Å². The van der Waals surface area contributed by atoms with Gasteiger partial charge in [-0.3, -0.25) is 0 Å². The van der Waals surface area contributed by atoms with Gasteiger partial charge in [-0.25, -0.2) is 0 Å². The van der Waals surface area contributed by atoms with E-state index in [0.29, 0.717) is 0 Å². The van der Waals surface area contributed by atoms with Crippen LogP contribution in [0.25, 0.3) is 0 Å². The van der Waals surface area contributed by atoms with Crippen molar-refractivity contribution in [3.05, 3.63) is 0 Å². The summed E-state index contributed by atoms with van der Waals surface area (Å²) < 4.78 is 34.3. The molecule has 0 aliphatic carbocycles. The summed E-state index contributed by atoms with van der Waals surface area (Å²) in [5.41, 5.74) is 0. The Morgan fingerprint density at radius 2 is 1.17 bits per heavy atom. The molecule has 0 aromatic heterocycles. The first-order valence-electron chi connectivity index (χ1n) is 0.617. The quantitative estimate of drug-likeness (QED) is 0.377. The zero-order chi connectivity index (χ0) is 4.50. The Hall–Kier alpha value is 0.559. The van der Waals surface area contributed by atoms with E-state index in [1.54, 1.807) is 0 Å². The van der Waals surface area contributed by atoms with E-state index < -0.39 is 13.4 Å². The molecule has 0 bridgehead atoms. The summed E-state index contributed by atoms with van der Waals surface area (Å²) in [6.07, 6.45) is 0. The van der Waals surface area contributed by atoms with Crippen LogP contribution in [0.3, 0.4) is 0 Å². The van der Waals surface area contributed by atoms with E-state index in [1.807, 2.05) is 0 Å². The molecule has 0 heterocycles. The predicted molar refractivity (Wildman–Crippen MR) is 1.37 cm³/mol.